The summed E-state index contributed by atoms with van der Waals surface area (Å²) in [6, 6.07) is 4.02. The second kappa shape index (κ2) is 7.70. The summed E-state index contributed by atoms with van der Waals surface area (Å²) in [5, 5.41) is 4.03. The molecule has 3 heterocycles. The van der Waals surface area contributed by atoms with E-state index in [1.807, 2.05) is 26.1 Å². The smallest absolute Gasteiger partial charge is 0.137 e. The molecule has 0 saturated carbocycles. The molecular formula is C18H25N3O2. The first-order valence-electron chi connectivity index (χ1n) is 8.37. The van der Waals surface area contributed by atoms with E-state index < -0.39 is 0 Å². The molecule has 0 atom stereocenters. The number of piperidine rings is 1. The Balaban J connectivity index is 1.38. The van der Waals surface area contributed by atoms with Crippen LogP contribution in [-0.4, -0.2) is 40.8 Å². The Bertz CT molecular complexity index is 584. The molecule has 1 fully saturated rings. The molecule has 0 spiro atoms. The Hall–Kier alpha value is -1.72. The highest BCUT2D eigenvalue weighted by atomic mass is 16.5. The first-order valence-corrected chi connectivity index (χ1v) is 8.37. The average Bonchev–Trinajstić information content (AvgIpc) is 2.91. The maximum atomic E-state index is 6.01. The number of pyridine rings is 1. The third kappa shape index (κ3) is 4.39. The molecule has 0 N–H and O–H groups in total. The van der Waals surface area contributed by atoms with E-state index >= 15 is 0 Å². The fraction of sp³-hybridized carbons (Fsp3) is 0.556. The van der Waals surface area contributed by atoms with E-state index in [4.69, 9.17) is 9.26 Å². The highest BCUT2D eigenvalue weighted by Crippen LogP contribution is 2.18. The van der Waals surface area contributed by atoms with Crippen LogP contribution in [-0.2, 0) is 17.8 Å². The van der Waals surface area contributed by atoms with Gasteiger partial charge in [-0.2, -0.15) is 0 Å². The summed E-state index contributed by atoms with van der Waals surface area (Å²) in [5.74, 6) is 0.956. The van der Waals surface area contributed by atoms with E-state index in [2.05, 4.69) is 21.1 Å². The minimum absolute atomic E-state index is 0.366. The zero-order valence-electron chi connectivity index (χ0n) is 14.0. The van der Waals surface area contributed by atoms with Crippen LogP contribution < -0.4 is 0 Å². The van der Waals surface area contributed by atoms with Gasteiger partial charge in [0, 0.05) is 37.6 Å². The molecule has 0 amide bonds. The van der Waals surface area contributed by atoms with Crippen LogP contribution in [0.4, 0.5) is 0 Å². The van der Waals surface area contributed by atoms with Gasteiger partial charge in [0.05, 0.1) is 18.4 Å². The lowest BCUT2D eigenvalue weighted by Gasteiger charge is -2.31. The first kappa shape index (κ1) is 16.1. The quantitative estimate of drug-likeness (QED) is 0.820. The number of likely N-dealkylation sites (tertiary alicyclic amines) is 1. The van der Waals surface area contributed by atoms with Crippen LogP contribution >= 0.6 is 0 Å². The molecule has 2 aromatic heterocycles. The Kier molecular flexibility index (Phi) is 5.41. The number of rotatable bonds is 6. The zero-order chi connectivity index (χ0) is 16.1. The number of aromatic nitrogens is 2. The van der Waals surface area contributed by atoms with Gasteiger partial charge in [-0.15, -0.1) is 0 Å². The average molecular weight is 315 g/mol. The summed E-state index contributed by atoms with van der Waals surface area (Å²) in [7, 11) is 0. The number of hydrogen-bond acceptors (Lipinski definition) is 5. The predicted octanol–water partition coefficient (Wildman–Crippen LogP) is 2.91. The number of ether oxygens (including phenoxy) is 1. The van der Waals surface area contributed by atoms with Crippen molar-refractivity contribution < 1.29 is 9.26 Å². The Morgan fingerprint density at radius 2 is 2.13 bits per heavy atom. The SMILES string of the molecule is Cc1noc(C)c1CCN1CCC(OCc2cccnc2)CC1. The molecule has 2 aromatic rings. The van der Waals surface area contributed by atoms with Gasteiger partial charge in [0.1, 0.15) is 5.76 Å². The number of nitrogens with zero attached hydrogens (tertiary/aromatic N) is 3. The summed E-state index contributed by atoms with van der Waals surface area (Å²) in [6.45, 7) is 7.94. The topological polar surface area (TPSA) is 51.4 Å². The van der Waals surface area contributed by atoms with Crippen molar-refractivity contribution in [2.45, 2.75) is 45.8 Å². The van der Waals surface area contributed by atoms with Gasteiger partial charge in [0.25, 0.3) is 0 Å². The molecule has 5 nitrogen and oxygen atoms in total. The minimum Gasteiger partial charge on any atom is -0.373 e. The standard InChI is InChI=1S/C18H25N3O2/c1-14-18(15(2)23-20-14)7-11-21-9-5-17(6-10-21)22-13-16-4-3-8-19-12-16/h3-4,8,12,17H,5-7,9-11,13H2,1-2H3. The molecule has 0 unspecified atom stereocenters. The monoisotopic (exact) mass is 315 g/mol. The van der Waals surface area contributed by atoms with Gasteiger partial charge in [0.15, 0.2) is 0 Å². The van der Waals surface area contributed by atoms with Crippen molar-refractivity contribution in [1.82, 2.24) is 15.0 Å². The van der Waals surface area contributed by atoms with E-state index in [1.54, 1.807) is 6.20 Å². The van der Waals surface area contributed by atoms with Gasteiger partial charge in [-0.3, -0.25) is 4.98 Å². The lowest BCUT2D eigenvalue weighted by atomic mass is 10.1. The molecule has 124 valence electrons. The highest BCUT2D eigenvalue weighted by Gasteiger charge is 2.20. The van der Waals surface area contributed by atoms with Crippen LogP contribution in [0.25, 0.3) is 0 Å². The van der Waals surface area contributed by atoms with Gasteiger partial charge >= 0.3 is 0 Å². The maximum absolute atomic E-state index is 6.01. The molecular weight excluding hydrogens is 290 g/mol. The van der Waals surface area contributed by atoms with Gasteiger partial charge < -0.3 is 14.2 Å². The van der Waals surface area contributed by atoms with Crippen molar-refractivity contribution in [3.63, 3.8) is 0 Å². The molecule has 1 aliphatic rings. The van der Waals surface area contributed by atoms with Crippen LogP contribution in [0.3, 0.4) is 0 Å². The predicted molar refractivity (Wildman–Crippen MR) is 88.2 cm³/mol. The molecule has 0 aliphatic carbocycles. The van der Waals surface area contributed by atoms with Crippen LogP contribution in [0.5, 0.6) is 0 Å². The van der Waals surface area contributed by atoms with Crippen LogP contribution in [0, 0.1) is 13.8 Å². The fourth-order valence-electron chi connectivity index (χ4n) is 3.13. The zero-order valence-corrected chi connectivity index (χ0v) is 14.0. The second-order valence-corrected chi connectivity index (χ2v) is 6.27. The molecule has 3 rings (SSSR count). The second-order valence-electron chi connectivity index (χ2n) is 6.27. The van der Waals surface area contributed by atoms with Crippen molar-refractivity contribution in [3.8, 4) is 0 Å². The first-order chi connectivity index (χ1) is 11.2. The normalized spacial score (nSPS) is 16.8. The summed E-state index contributed by atoms with van der Waals surface area (Å²) >= 11 is 0. The van der Waals surface area contributed by atoms with Gasteiger partial charge in [-0.05, 0) is 44.7 Å². The molecule has 1 aliphatic heterocycles. The van der Waals surface area contributed by atoms with Crippen molar-refractivity contribution in [2.75, 3.05) is 19.6 Å². The highest BCUT2D eigenvalue weighted by molar-refractivity contribution is 5.21. The van der Waals surface area contributed by atoms with E-state index in [1.165, 1.54) is 5.56 Å². The molecule has 0 aromatic carbocycles. The van der Waals surface area contributed by atoms with Crippen LogP contribution in [0.15, 0.2) is 29.0 Å². The Morgan fingerprint density at radius 1 is 1.30 bits per heavy atom. The van der Waals surface area contributed by atoms with Gasteiger partial charge in [0.2, 0.25) is 0 Å². The number of hydrogen-bond donors (Lipinski definition) is 0. The Labute approximate surface area is 137 Å². The fourth-order valence-corrected chi connectivity index (χ4v) is 3.13. The summed E-state index contributed by atoms with van der Waals surface area (Å²) in [6.07, 6.45) is 7.25. The molecule has 0 bridgehead atoms. The van der Waals surface area contributed by atoms with Crippen LogP contribution in [0.1, 0.15) is 35.4 Å². The summed E-state index contributed by atoms with van der Waals surface area (Å²) in [5.41, 5.74) is 3.44. The van der Waals surface area contributed by atoms with Gasteiger partial charge in [-0.25, -0.2) is 0 Å². The van der Waals surface area contributed by atoms with Gasteiger partial charge in [-0.1, -0.05) is 11.2 Å². The molecule has 0 radical (unpaired) electrons. The van der Waals surface area contributed by atoms with E-state index in [9.17, 15) is 0 Å². The largest absolute Gasteiger partial charge is 0.373 e. The summed E-state index contributed by atoms with van der Waals surface area (Å²) < 4.78 is 11.2. The van der Waals surface area contributed by atoms with E-state index in [0.717, 1.165) is 55.9 Å². The van der Waals surface area contributed by atoms with Crippen molar-refractivity contribution in [1.29, 1.82) is 0 Å². The third-order valence-electron chi connectivity index (χ3n) is 4.60. The minimum atomic E-state index is 0.366. The molecule has 23 heavy (non-hydrogen) atoms. The maximum Gasteiger partial charge on any atom is 0.137 e. The van der Waals surface area contributed by atoms with E-state index in [0.29, 0.717) is 12.7 Å². The Morgan fingerprint density at radius 3 is 2.78 bits per heavy atom. The summed E-state index contributed by atoms with van der Waals surface area (Å²) in [4.78, 5) is 6.63. The number of aryl methyl sites for hydroxylation is 2. The lowest BCUT2D eigenvalue weighted by Crippen LogP contribution is -2.38. The third-order valence-corrected chi connectivity index (χ3v) is 4.60. The van der Waals surface area contributed by atoms with Crippen molar-refractivity contribution >= 4 is 0 Å². The van der Waals surface area contributed by atoms with E-state index in [-0.39, 0.29) is 0 Å². The van der Waals surface area contributed by atoms with Crippen LogP contribution in [0.2, 0.25) is 0 Å². The van der Waals surface area contributed by atoms with Crippen molar-refractivity contribution in [2.24, 2.45) is 0 Å². The van der Waals surface area contributed by atoms with Crippen molar-refractivity contribution in [3.05, 3.63) is 47.1 Å². The molecule has 5 heteroatoms. The molecule has 1 saturated heterocycles. The lowest BCUT2D eigenvalue weighted by molar-refractivity contribution is -0.00230.